The first-order chi connectivity index (χ1) is 8.45. The third kappa shape index (κ3) is 1.83. The van der Waals surface area contributed by atoms with E-state index in [-0.39, 0.29) is 16.4 Å². The van der Waals surface area contributed by atoms with E-state index in [1.165, 1.54) is 6.92 Å². The molecule has 0 bridgehead atoms. The van der Waals surface area contributed by atoms with Crippen molar-refractivity contribution in [2.75, 3.05) is 0 Å². The second-order valence-corrected chi connectivity index (χ2v) is 3.86. The second kappa shape index (κ2) is 4.35. The van der Waals surface area contributed by atoms with Crippen molar-refractivity contribution in [3.05, 3.63) is 46.0 Å². The molecule has 3 nitrogen and oxygen atoms in total. The smallest absolute Gasteiger partial charge is 0.194 e. The van der Waals surface area contributed by atoms with Crippen molar-refractivity contribution in [2.24, 2.45) is 0 Å². The van der Waals surface area contributed by atoms with Crippen molar-refractivity contribution >= 4 is 11.6 Å². The van der Waals surface area contributed by atoms with Crippen LogP contribution in [0.4, 0.5) is 13.2 Å². The minimum atomic E-state index is -1.57. The molecule has 0 radical (unpaired) electrons. The van der Waals surface area contributed by atoms with E-state index in [2.05, 4.69) is 5.10 Å². The number of rotatable bonds is 1. The Morgan fingerprint density at radius 3 is 2.28 bits per heavy atom. The largest absolute Gasteiger partial charge is 0.220 e. The Hall–Kier alpha value is -2.00. The summed E-state index contributed by atoms with van der Waals surface area (Å²) in [7, 11) is 0. The van der Waals surface area contributed by atoms with Gasteiger partial charge < -0.3 is 0 Å². The van der Waals surface area contributed by atoms with Gasteiger partial charge in [-0.3, -0.25) is 0 Å². The first-order valence-corrected chi connectivity index (χ1v) is 5.13. The fraction of sp³-hybridized carbons (Fsp3) is 0.0909. The number of nitriles is 1. The van der Waals surface area contributed by atoms with Gasteiger partial charge in [-0.15, -0.1) is 0 Å². The summed E-state index contributed by atoms with van der Waals surface area (Å²) in [6.45, 7) is 1.52. The van der Waals surface area contributed by atoms with Crippen LogP contribution in [0.5, 0.6) is 0 Å². The number of hydrogen-bond donors (Lipinski definition) is 0. The number of aromatic nitrogens is 2. The van der Waals surface area contributed by atoms with Crippen molar-refractivity contribution in [1.82, 2.24) is 9.78 Å². The van der Waals surface area contributed by atoms with Gasteiger partial charge in [-0.2, -0.15) is 10.4 Å². The van der Waals surface area contributed by atoms with Gasteiger partial charge in [0, 0.05) is 12.1 Å². The molecule has 0 unspecified atom stereocenters. The monoisotopic (exact) mass is 271 g/mol. The molecule has 0 fully saturated rings. The van der Waals surface area contributed by atoms with E-state index >= 15 is 0 Å². The van der Waals surface area contributed by atoms with E-state index in [1.807, 2.05) is 6.07 Å². The molecule has 7 heteroatoms. The highest BCUT2D eigenvalue weighted by Crippen LogP contribution is 2.24. The van der Waals surface area contributed by atoms with Crippen LogP contribution in [0.1, 0.15) is 11.3 Å². The van der Waals surface area contributed by atoms with Crippen molar-refractivity contribution in [3.63, 3.8) is 0 Å². The molecule has 0 aliphatic carbocycles. The molecule has 0 N–H and O–H groups in total. The number of halogens is 4. The van der Waals surface area contributed by atoms with Gasteiger partial charge in [0.05, 0.1) is 11.4 Å². The molecule has 0 atom stereocenters. The van der Waals surface area contributed by atoms with Crippen LogP contribution in [0.25, 0.3) is 5.69 Å². The van der Waals surface area contributed by atoms with Crippen LogP contribution in [-0.4, -0.2) is 9.78 Å². The fourth-order valence-corrected chi connectivity index (χ4v) is 1.78. The lowest BCUT2D eigenvalue weighted by Gasteiger charge is -2.04. The number of hydrogen-bond acceptors (Lipinski definition) is 2. The zero-order chi connectivity index (χ0) is 13.4. The average molecular weight is 272 g/mol. The van der Waals surface area contributed by atoms with Gasteiger partial charge in [-0.1, -0.05) is 11.6 Å². The summed E-state index contributed by atoms with van der Waals surface area (Å²) >= 11 is 5.85. The van der Waals surface area contributed by atoms with Gasteiger partial charge >= 0.3 is 0 Å². The molecule has 1 heterocycles. The molecule has 0 saturated heterocycles. The molecule has 92 valence electrons. The van der Waals surface area contributed by atoms with Crippen LogP contribution in [0.2, 0.25) is 5.15 Å². The molecule has 2 rings (SSSR count). The molecular weight excluding hydrogens is 267 g/mol. The predicted molar refractivity (Wildman–Crippen MR) is 57.9 cm³/mol. The molecule has 0 spiro atoms. The standard InChI is InChI=1S/C11H5ClF3N3/c1-5-7(4-16)11(12)18(17-5)6-2-8(13)10(15)9(14)3-6/h2-3H,1H3. The first kappa shape index (κ1) is 12.5. The lowest BCUT2D eigenvalue weighted by molar-refractivity contribution is 0.446. The number of aryl methyl sites for hydroxylation is 1. The maximum absolute atomic E-state index is 13.1. The summed E-state index contributed by atoms with van der Waals surface area (Å²) in [5, 5.41) is 12.6. The van der Waals surface area contributed by atoms with E-state index in [4.69, 9.17) is 16.9 Å². The van der Waals surface area contributed by atoms with Gasteiger partial charge in [0.15, 0.2) is 22.6 Å². The van der Waals surface area contributed by atoms with Crippen LogP contribution in [0.3, 0.4) is 0 Å². The Morgan fingerprint density at radius 1 is 1.28 bits per heavy atom. The third-order valence-electron chi connectivity index (χ3n) is 2.33. The van der Waals surface area contributed by atoms with Gasteiger partial charge in [0.25, 0.3) is 0 Å². The molecule has 0 aliphatic heterocycles. The minimum Gasteiger partial charge on any atom is -0.220 e. The topological polar surface area (TPSA) is 41.6 Å². The van der Waals surface area contributed by atoms with Crippen LogP contribution in [0.15, 0.2) is 12.1 Å². The second-order valence-electron chi connectivity index (χ2n) is 3.50. The molecule has 0 aliphatic rings. The van der Waals surface area contributed by atoms with Crippen molar-refractivity contribution in [3.8, 4) is 11.8 Å². The zero-order valence-corrected chi connectivity index (χ0v) is 9.76. The molecule has 2 aromatic rings. The molecule has 0 saturated carbocycles. The summed E-state index contributed by atoms with van der Waals surface area (Å²) in [4.78, 5) is 0. The normalized spacial score (nSPS) is 10.4. The van der Waals surface area contributed by atoms with Gasteiger partial charge in [-0.05, 0) is 6.92 Å². The maximum Gasteiger partial charge on any atom is 0.194 e. The van der Waals surface area contributed by atoms with Crippen LogP contribution in [-0.2, 0) is 0 Å². The Labute approximate surface area is 105 Å². The number of benzene rings is 1. The average Bonchev–Trinajstić information content (AvgIpc) is 2.60. The quantitative estimate of drug-likeness (QED) is 0.748. The van der Waals surface area contributed by atoms with E-state index in [0.29, 0.717) is 5.69 Å². The van der Waals surface area contributed by atoms with Crippen molar-refractivity contribution < 1.29 is 13.2 Å². The Balaban J connectivity index is 2.67. The fourth-order valence-electron chi connectivity index (χ4n) is 1.46. The summed E-state index contributed by atoms with van der Waals surface area (Å²) in [5.41, 5.74) is 0.315. The Bertz CT molecular complexity index is 650. The van der Waals surface area contributed by atoms with Crippen LogP contribution in [0, 0.1) is 35.7 Å². The summed E-state index contributed by atoms with van der Waals surface area (Å²) in [6, 6.07) is 3.31. The summed E-state index contributed by atoms with van der Waals surface area (Å²) in [5.74, 6) is -4.28. The minimum absolute atomic E-state index is 0.0830. The third-order valence-corrected chi connectivity index (χ3v) is 2.68. The predicted octanol–water partition coefficient (Wildman–Crippen LogP) is 3.12. The zero-order valence-electron chi connectivity index (χ0n) is 9.01. The van der Waals surface area contributed by atoms with Crippen molar-refractivity contribution in [2.45, 2.75) is 6.92 Å². The highest BCUT2D eigenvalue weighted by atomic mass is 35.5. The first-order valence-electron chi connectivity index (χ1n) is 4.76. The van der Waals surface area contributed by atoms with Crippen LogP contribution < -0.4 is 0 Å². The lowest BCUT2D eigenvalue weighted by atomic mass is 10.3. The Kier molecular flexibility index (Phi) is 3.01. The lowest BCUT2D eigenvalue weighted by Crippen LogP contribution is -2.01. The maximum atomic E-state index is 13.1. The van der Waals surface area contributed by atoms with E-state index in [0.717, 1.165) is 16.8 Å². The highest BCUT2D eigenvalue weighted by molar-refractivity contribution is 6.31. The van der Waals surface area contributed by atoms with Gasteiger partial charge in [0.1, 0.15) is 11.6 Å². The molecular formula is C11H5ClF3N3. The Morgan fingerprint density at radius 2 is 1.83 bits per heavy atom. The molecule has 1 aromatic heterocycles. The molecule has 0 amide bonds. The van der Waals surface area contributed by atoms with E-state index < -0.39 is 17.5 Å². The van der Waals surface area contributed by atoms with Gasteiger partial charge in [-0.25, -0.2) is 17.9 Å². The van der Waals surface area contributed by atoms with Crippen LogP contribution >= 0.6 is 11.6 Å². The molecule has 18 heavy (non-hydrogen) atoms. The summed E-state index contributed by atoms with van der Waals surface area (Å²) in [6.07, 6.45) is 0. The SMILES string of the molecule is Cc1nn(-c2cc(F)c(F)c(F)c2)c(Cl)c1C#N. The number of nitrogens with zero attached hydrogens (tertiary/aromatic N) is 3. The van der Waals surface area contributed by atoms with E-state index in [1.54, 1.807) is 0 Å². The van der Waals surface area contributed by atoms with Gasteiger partial charge in [0.2, 0.25) is 0 Å². The highest BCUT2D eigenvalue weighted by Gasteiger charge is 2.17. The molecule has 1 aromatic carbocycles. The van der Waals surface area contributed by atoms with E-state index in [9.17, 15) is 13.2 Å². The summed E-state index contributed by atoms with van der Waals surface area (Å²) < 4.78 is 40.0. The van der Waals surface area contributed by atoms with Crippen molar-refractivity contribution in [1.29, 1.82) is 5.26 Å².